The number of thioether (sulfide) groups is 1. The molecule has 0 aliphatic carbocycles. The Morgan fingerprint density at radius 3 is 3.14 bits per heavy atom. The molecule has 110 valence electrons. The summed E-state index contributed by atoms with van der Waals surface area (Å²) in [7, 11) is 0. The summed E-state index contributed by atoms with van der Waals surface area (Å²) in [6.45, 7) is 2.18. The fourth-order valence-corrected chi connectivity index (χ4v) is 3.13. The lowest BCUT2D eigenvalue weighted by atomic mass is 10.3. The fraction of sp³-hybridized carbons (Fsp3) is 0.364. The molecule has 0 saturated carbocycles. The van der Waals surface area contributed by atoms with Crippen LogP contribution in [0.25, 0.3) is 0 Å². The number of aryl methyl sites for hydroxylation is 1. The summed E-state index contributed by atoms with van der Waals surface area (Å²) in [6.07, 6.45) is 0. The van der Waals surface area contributed by atoms with E-state index < -0.39 is 0 Å². The number of amidine groups is 1. The van der Waals surface area contributed by atoms with Gasteiger partial charge in [-0.3, -0.25) is 4.99 Å². The Morgan fingerprint density at radius 2 is 2.52 bits per heavy atom. The summed E-state index contributed by atoms with van der Waals surface area (Å²) in [6, 6.07) is 1.98. The molecule has 1 aliphatic rings. The highest BCUT2D eigenvalue weighted by molar-refractivity contribution is 8.14. The number of rotatable bonds is 4. The molecular formula is C11H13N7OS2. The van der Waals surface area contributed by atoms with Crippen LogP contribution in [0.2, 0.25) is 0 Å². The summed E-state index contributed by atoms with van der Waals surface area (Å²) in [5.41, 5.74) is 6.53. The summed E-state index contributed by atoms with van der Waals surface area (Å²) in [5.74, 6) is 2.02. The Balaban J connectivity index is 1.76. The first kappa shape index (κ1) is 14.0. The van der Waals surface area contributed by atoms with Crippen molar-refractivity contribution in [2.45, 2.75) is 13.0 Å². The van der Waals surface area contributed by atoms with Crippen molar-refractivity contribution in [3.8, 4) is 0 Å². The maximum absolute atomic E-state index is 5.62. The third kappa shape index (κ3) is 3.22. The highest BCUT2D eigenvalue weighted by Gasteiger charge is 2.18. The fourth-order valence-electron chi connectivity index (χ4n) is 1.74. The molecule has 3 heterocycles. The first-order chi connectivity index (χ1) is 10.2. The van der Waals surface area contributed by atoms with Crippen molar-refractivity contribution < 1.29 is 4.84 Å². The normalized spacial score (nSPS) is 18.8. The molecule has 0 bridgehead atoms. The molecule has 3 rings (SSSR count). The van der Waals surface area contributed by atoms with Crippen molar-refractivity contribution in [1.82, 2.24) is 20.2 Å². The van der Waals surface area contributed by atoms with E-state index in [2.05, 4.69) is 25.7 Å². The monoisotopic (exact) mass is 323 g/mol. The molecule has 0 aromatic carbocycles. The number of thiophene rings is 1. The van der Waals surface area contributed by atoms with Crippen molar-refractivity contribution >= 4 is 34.1 Å². The average Bonchev–Trinajstić information content (AvgIpc) is 3.18. The largest absolute Gasteiger partial charge is 0.392 e. The van der Waals surface area contributed by atoms with Gasteiger partial charge in [-0.05, 0) is 28.8 Å². The summed E-state index contributed by atoms with van der Waals surface area (Å²) >= 11 is 3.10. The van der Waals surface area contributed by atoms with Gasteiger partial charge in [-0.2, -0.15) is 16.0 Å². The molecule has 2 aromatic heterocycles. The van der Waals surface area contributed by atoms with E-state index in [1.54, 1.807) is 22.9 Å². The van der Waals surface area contributed by atoms with Gasteiger partial charge in [-0.25, -0.2) is 0 Å². The molecule has 10 heteroatoms. The maximum atomic E-state index is 5.62. The number of nitrogens with two attached hydrogens (primary N) is 1. The van der Waals surface area contributed by atoms with Crippen LogP contribution >= 0.6 is 23.1 Å². The third-order valence-electron chi connectivity index (χ3n) is 2.76. The maximum Gasteiger partial charge on any atom is 0.204 e. The first-order valence-electron chi connectivity index (χ1n) is 6.18. The first-order valence-corrected chi connectivity index (χ1v) is 8.11. The van der Waals surface area contributed by atoms with E-state index in [0.717, 1.165) is 11.3 Å². The van der Waals surface area contributed by atoms with Crippen molar-refractivity contribution in [1.29, 1.82) is 0 Å². The van der Waals surface area contributed by atoms with E-state index in [1.807, 2.05) is 16.8 Å². The second kappa shape index (κ2) is 6.22. The predicted octanol–water partition coefficient (Wildman–Crippen LogP) is 0.700. The van der Waals surface area contributed by atoms with Crippen molar-refractivity contribution in [2.24, 2.45) is 15.9 Å². The lowest BCUT2D eigenvalue weighted by Crippen LogP contribution is -2.19. The Hall–Kier alpha value is -1.94. The molecule has 0 radical (unpaired) electrons. The molecule has 1 aliphatic heterocycles. The summed E-state index contributed by atoms with van der Waals surface area (Å²) < 4.78 is 1.54. The molecule has 0 fully saturated rings. The van der Waals surface area contributed by atoms with E-state index in [9.17, 15) is 0 Å². The number of nitrogens with zero attached hydrogens (tertiary/aromatic N) is 6. The van der Waals surface area contributed by atoms with Gasteiger partial charge in [0.25, 0.3) is 0 Å². The molecule has 1 atom stereocenters. The molecule has 8 nitrogen and oxygen atoms in total. The molecule has 21 heavy (non-hydrogen) atoms. The quantitative estimate of drug-likeness (QED) is 0.504. The summed E-state index contributed by atoms with van der Waals surface area (Å²) in [5, 5.41) is 20.1. The number of aromatic nitrogens is 4. The van der Waals surface area contributed by atoms with Crippen LogP contribution in [0.15, 0.2) is 27.0 Å². The Kier molecular flexibility index (Phi) is 4.15. The molecule has 0 spiro atoms. The van der Waals surface area contributed by atoms with Crippen LogP contribution in [0.4, 0.5) is 0 Å². The third-order valence-corrected chi connectivity index (χ3v) is 4.39. The lowest BCUT2D eigenvalue weighted by molar-refractivity contribution is 0.135. The van der Waals surface area contributed by atoms with Crippen molar-refractivity contribution in [3.63, 3.8) is 0 Å². The van der Waals surface area contributed by atoms with Gasteiger partial charge in [0, 0.05) is 16.7 Å². The Labute approximate surface area is 129 Å². The zero-order chi connectivity index (χ0) is 14.7. The Bertz CT molecular complexity index is 664. The van der Waals surface area contributed by atoms with Gasteiger partial charge in [0.05, 0.1) is 6.04 Å². The van der Waals surface area contributed by atoms with Crippen LogP contribution in [-0.2, 0) is 4.84 Å². The van der Waals surface area contributed by atoms with Crippen LogP contribution in [0.1, 0.15) is 11.4 Å². The topological polar surface area (TPSA) is 104 Å². The number of hydrogen-bond donors (Lipinski definition) is 1. The van der Waals surface area contributed by atoms with Crippen LogP contribution in [0.3, 0.4) is 0 Å². The zero-order valence-electron chi connectivity index (χ0n) is 11.2. The smallest absolute Gasteiger partial charge is 0.204 e. The van der Waals surface area contributed by atoms with E-state index in [4.69, 9.17) is 10.6 Å². The number of tetrazole rings is 1. The molecule has 0 saturated heterocycles. The van der Waals surface area contributed by atoms with E-state index in [-0.39, 0.29) is 6.04 Å². The molecular weight excluding hydrogens is 310 g/mol. The van der Waals surface area contributed by atoms with Gasteiger partial charge < -0.3 is 10.6 Å². The van der Waals surface area contributed by atoms with Gasteiger partial charge in [0.1, 0.15) is 6.61 Å². The van der Waals surface area contributed by atoms with Gasteiger partial charge in [0.15, 0.2) is 11.0 Å². The second-order valence-electron chi connectivity index (χ2n) is 4.29. The molecule has 1 unspecified atom stereocenters. The van der Waals surface area contributed by atoms with E-state index >= 15 is 0 Å². The summed E-state index contributed by atoms with van der Waals surface area (Å²) in [4.78, 5) is 9.68. The van der Waals surface area contributed by atoms with Crippen LogP contribution in [0.5, 0.6) is 0 Å². The van der Waals surface area contributed by atoms with E-state index in [1.165, 1.54) is 11.8 Å². The van der Waals surface area contributed by atoms with Crippen LogP contribution in [-0.4, -0.2) is 49.6 Å². The Morgan fingerprint density at radius 1 is 1.62 bits per heavy atom. The standard InChI is InChI=1S/C11H13N7OS2/c1-7-14-16-17-18(7)10(8-2-3-20-5-8)15-19-4-9-6-21-11(12)13-9/h2-3,5,9H,4,6H2,1H3,(H2,12,13)/b15-10+. The number of aliphatic imine (C=N–C) groups is 1. The zero-order valence-corrected chi connectivity index (χ0v) is 12.8. The highest BCUT2D eigenvalue weighted by Crippen LogP contribution is 2.15. The highest BCUT2D eigenvalue weighted by atomic mass is 32.2. The number of hydrogen-bond acceptors (Lipinski definition) is 9. The second-order valence-corrected chi connectivity index (χ2v) is 6.11. The van der Waals surface area contributed by atoms with E-state index in [0.29, 0.717) is 23.4 Å². The lowest BCUT2D eigenvalue weighted by Gasteiger charge is -2.07. The van der Waals surface area contributed by atoms with Crippen LogP contribution in [0, 0.1) is 6.92 Å². The van der Waals surface area contributed by atoms with Crippen molar-refractivity contribution in [3.05, 3.63) is 28.2 Å². The van der Waals surface area contributed by atoms with Crippen molar-refractivity contribution in [2.75, 3.05) is 12.4 Å². The minimum Gasteiger partial charge on any atom is -0.392 e. The minimum atomic E-state index is 0.0393. The van der Waals surface area contributed by atoms with Gasteiger partial charge >= 0.3 is 0 Å². The average molecular weight is 323 g/mol. The molecule has 2 aromatic rings. The van der Waals surface area contributed by atoms with Gasteiger partial charge in [0.2, 0.25) is 5.84 Å². The van der Waals surface area contributed by atoms with Crippen LogP contribution < -0.4 is 5.73 Å². The van der Waals surface area contributed by atoms with Gasteiger partial charge in [-0.1, -0.05) is 16.9 Å². The predicted molar refractivity (Wildman–Crippen MR) is 82.6 cm³/mol. The number of oxime groups is 1. The molecule has 2 N–H and O–H groups in total. The SMILES string of the molecule is Cc1nnnn1/C(=N/OCC1CSC(N)=N1)c1ccsc1. The molecule has 0 amide bonds. The van der Waals surface area contributed by atoms with Gasteiger partial charge in [-0.15, -0.1) is 5.10 Å². The minimum absolute atomic E-state index is 0.0393.